The smallest absolute Gasteiger partial charge is 0.0602 e. The third-order valence-electron chi connectivity index (χ3n) is 12.2. The van der Waals surface area contributed by atoms with Crippen LogP contribution in [0.25, 0.3) is 90.9 Å². The molecule has 0 N–H and O–H groups in total. The van der Waals surface area contributed by atoms with Gasteiger partial charge in [0.05, 0.1) is 11.0 Å². The number of nitrogens with zero attached hydrogens (tertiary/aromatic N) is 2. The SMILES string of the molecule is c1ccc(-n2c3ccccc3c3cc(-c4ccc(N(c5ccc(-c6ccc7[se]c8ccccc8c7c6)cc5)c5ccc(-c6cccc7ccccc67)cc5)cc4)ccc32)cc1. The molecule has 2 aromatic heterocycles. The van der Waals surface area contributed by atoms with Gasteiger partial charge in [0, 0.05) is 16.5 Å². The van der Waals surface area contributed by atoms with E-state index in [9.17, 15) is 0 Å². The van der Waals surface area contributed by atoms with Gasteiger partial charge >= 0.3 is 182 Å². The summed E-state index contributed by atoms with van der Waals surface area (Å²) in [5.41, 5.74) is 14.2. The van der Waals surface area contributed by atoms with E-state index in [0.717, 1.165) is 17.1 Å². The van der Waals surface area contributed by atoms with Crippen molar-refractivity contribution < 1.29 is 0 Å². The first kappa shape index (κ1) is 35.5. The number of hydrogen-bond donors (Lipinski definition) is 0. The summed E-state index contributed by atoms with van der Waals surface area (Å²) in [6, 6.07) is 84.5. The van der Waals surface area contributed by atoms with Crippen LogP contribution in [0.5, 0.6) is 0 Å². The molecule has 0 spiro atoms. The third kappa shape index (κ3) is 6.18. The van der Waals surface area contributed by atoms with Crippen molar-refractivity contribution in [1.82, 2.24) is 4.57 Å². The minimum Gasteiger partial charge on any atom is -0.0602 e. The molecule has 0 atom stereocenters. The van der Waals surface area contributed by atoms with E-state index in [2.05, 4.69) is 240 Å². The summed E-state index contributed by atoms with van der Waals surface area (Å²) in [6.45, 7) is 0. The van der Waals surface area contributed by atoms with Crippen LogP contribution >= 0.6 is 0 Å². The third-order valence-corrected chi connectivity index (χ3v) is 14.6. The minimum atomic E-state index is 0.364. The van der Waals surface area contributed by atoms with Crippen LogP contribution in [-0.4, -0.2) is 19.1 Å². The summed E-state index contributed by atoms with van der Waals surface area (Å²) in [5.74, 6) is 0. The molecule has 12 aromatic rings. The summed E-state index contributed by atoms with van der Waals surface area (Å²) in [5, 5.41) is 7.79. The second-order valence-electron chi connectivity index (χ2n) is 15.7. The maximum absolute atomic E-state index is 2.39. The van der Waals surface area contributed by atoms with Gasteiger partial charge in [-0.05, 0) is 63.4 Å². The van der Waals surface area contributed by atoms with Crippen LogP contribution in [0.4, 0.5) is 17.1 Å². The summed E-state index contributed by atoms with van der Waals surface area (Å²) >= 11 is 0.364. The topological polar surface area (TPSA) is 8.17 Å². The van der Waals surface area contributed by atoms with Crippen molar-refractivity contribution in [3.05, 3.63) is 231 Å². The zero-order valence-electron chi connectivity index (χ0n) is 33.2. The van der Waals surface area contributed by atoms with Gasteiger partial charge in [0.15, 0.2) is 0 Å². The number of rotatable bonds is 7. The van der Waals surface area contributed by atoms with Crippen molar-refractivity contribution in [2.45, 2.75) is 0 Å². The molecule has 0 saturated heterocycles. The van der Waals surface area contributed by atoms with Crippen LogP contribution in [0.15, 0.2) is 231 Å². The van der Waals surface area contributed by atoms with Gasteiger partial charge in [-0.2, -0.15) is 0 Å². The number of benzene rings is 10. The van der Waals surface area contributed by atoms with Crippen LogP contribution in [-0.2, 0) is 0 Å². The molecule has 2 heterocycles. The van der Waals surface area contributed by atoms with E-state index in [4.69, 9.17) is 0 Å². The Morgan fingerprint density at radius 2 is 0.820 bits per heavy atom. The number of fused-ring (bicyclic) bond motifs is 7. The van der Waals surface area contributed by atoms with Crippen molar-refractivity contribution in [1.29, 1.82) is 0 Å². The molecule has 0 bridgehead atoms. The number of aromatic nitrogens is 1. The molecule has 0 fully saturated rings. The Morgan fingerprint density at radius 3 is 1.54 bits per heavy atom. The second-order valence-corrected chi connectivity index (χ2v) is 18.0. The average molecular weight is 842 g/mol. The first-order valence-corrected chi connectivity index (χ1v) is 22.5. The number of hydrogen-bond acceptors (Lipinski definition) is 1. The Balaban J connectivity index is 0.931. The van der Waals surface area contributed by atoms with Gasteiger partial charge in [-0.3, -0.25) is 0 Å². The quantitative estimate of drug-likeness (QED) is 0.145. The van der Waals surface area contributed by atoms with Crippen LogP contribution < -0.4 is 4.90 Å². The van der Waals surface area contributed by atoms with E-state index in [0.29, 0.717) is 14.5 Å². The van der Waals surface area contributed by atoms with E-state index >= 15 is 0 Å². The first-order chi connectivity index (χ1) is 30.2. The Labute approximate surface area is 360 Å². The zero-order valence-corrected chi connectivity index (χ0v) is 35.0. The zero-order chi connectivity index (χ0) is 40.3. The van der Waals surface area contributed by atoms with Crippen molar-refractivity contribution in [2.24, 2.45) is 0 Å². The van der Waals surface area contributed by atoms with Gasteiger partial charge in [0.25, 0.3) is 0 Å². The van der Waals surface area contributed by atoms with Gasteiger partial charge in [-0.1, -0.05) is 84.9 Å². The number of para-hydroxylation sites is 2. The molecular weight excluding hydrogens is 804 g/mol. The molecule has 0 unspecified atom stereocenters. The molecule has 0 aliphatic carbocycles. The Kier molecular flexibility index (Phi) is 8.55. The molecule has 61 heavy (non-hydrogen) atoms. The second kappa shape index (κ2) is 14.7. The Bertz CT molecular complexity index is 3560. The summed E-state index contributed by atoms with van der Waals surface area (Å²) in [7, 11) is 0. The van der Waals surface area contributed by atoms with Gasteiger partial charge in [0.1, 0.15) is 0 Å². The van der Waals surface area contributed by atoms with E-state index in [1.807, 2.05) is 0 Å². The average Bonchev–Trinajstić information content (AvgIpc) is 3.87. The molecule has 10 aromatic carbocycles. The fourth-order valence-corrected chi connectivity index (χ4v) is 11.5. The van der Waals surface area contributed by atoms with Gasteiger partial charge in [-0.25, -0.2) is 0 Å². The minimum absolute atomic E-state index is 0.364. The van der Waals surface area contributed by atoms with Crippen molar-refractivity contribution in [3.63, 3.8) is 0 Å². The molecule has 286 valence electrons. The van der Waals surface area contributed by atoms with E-state index in [1.54, 1.807) is 0 Å². The number of anilines is 3. The molecule has 3 heteroatoms. The van der Waals surface area contributed by atoms with Crippen LogP contribution in [0.2, 0.25) is 0 Å². The van der Waals surface area contributed by atoms with E-state index < -0.39 is 0 Å². The Hall–Kier alpha value is -7.42. The van der Waals surface area contributed by atoms with E-state index in [1.165, 1.54) is 90.9 Å². The normalized spacial score (nSPS) is 11.6. The standard InChI is InChI=1S/C58H38N2Se/c1-2-13-45(14-3-1)60-55-19-8-6-16-51(55)53-37-43(27-35-56(53)60)39-21-29-46(30-22-39)59(48-33-25-42(26-34-48)50-18-10-12-41-11-4-5-15-49(41)50)47-31-23-40(24-32-47)44-28-36-58-54(38-44)52-17-7-9-20-57(52)61-58/h1-38H. The summed E-state index contributed by atoms with van der Waals surface area (Å²) in [4.78, 5) is 2.37. The molecule has 2 nitrogen and oxygen atoms in total. The summed E-state index contributed by atoms with van der Waals surface area (Å²) in [6.07, 6.45) is 0. The van der Waals surface area contributed by atoms with Crippen molar-refractivity contribution >= 4 is 83.4 Å². The van der Waals surface area contributed by atoms with Crippen molar-refractivity contribution in [3.8, 4) is 39.1 Å². The molecule has 12 rings (SSSR count). The van der Waals surface area contributed by atoms with Gasteiger partial charge in [-0.15, -0.1) is 0 Å². The predicted octanol–water partition coefficient (Wildman–Crippen LogP) is 15.8. The molecule has 0 aliphatic heterocycles. The monoisotopic (exact) mass is 842 g/mol. The van der Waals surface area contributed by atoms with Crippen LogP contribution in [0, 0.1) is 0 Å². The molecule has 0 amide bonds. The molecular formula is C58H38N2Se. The molecule has 0 radical (unpaired) electrons. The Morgan fingerprint density at radius 1 is 0.311 bits per heavy atom. The fraction of sp³-hybridized carbons (Fsp3) is 0. The van der Waals surface area contributed by atoms with Crippen LogP contribution in [0.3, 0.4) is 0 Å². The van der Waals surface area contributed by atoms with E-state index in [-0.39, 0.29) is 0 Å². The predicted molar refractivity (Wildman–Crippen MR) is 261 cm³/mol. The van der Waals surface area contributed by atoms with Crippen LogP contribution in [0.1, 0.15) is 0 Å². The molecule has 0 aliphatic rings. The fourth-order valence-electron chi connectivity index (χ4n) is 9.23. The first-order valence-electron chi connectivity index (χ1n) is 20.8. The van der Waals surface area contributed by atoms with Gasteiger partial charge < -0.3 is 4.57 Å². The maximum atomic E-state index is 2.39. The molecule has 0 saturated carbocycles. The van der Waals surface area contributed by atoms with Gasteiger partial charge in [0.2, 0.25) is 0 Å². The summed E-state index contributed by atoms with van der Waals surface area (Å²) < 4.78 is 5.31. The van der Waals surface area contributed by atoms with Crippen molar-refractivity contribution in [2.75, 3.05) is 4.90 Å².